The molecule has 124 valence electrons. The van der Waals surface area contributed by atoms with Crippen molar-refractivity contribution in [1.29, 1.82) is 0 Å². The van der Waals surface area contributed by atoms with Crippen LogP contribution >= 0.6 is 0 Å². The smallest absolute Gasteiger partial charge is 0.319 e. The van der Waals surface area contributed by atoms with Gasteiger partial charge in [0.15, 0.2) is 9.84 Å². The van der Waals surface area contributed by atoms with Crippen molar-refractivity contribution in [2.24, 2.45) is 7.05 Å². The molecule has 2 heterocycles. The van der Waals surface area contributed by atoms with Crippen LogP contribution in [-0.2, 0) is 16.9 Å². The number of amides is 2. The van der Waals surface area contributed by atoms with Gasteiger partial charge in [0, 0.05) is 32.2 Å². The molecule has 22 heavy (non-hydrogen) atoms. The lowest BCUT2D eigenvalue weighted by atomic mass is 10.2. The highest BCUT2D eigenvalue weighted by molar-refractivity contribution is 7.91. The van der Waals surface area contributed by atoms with Gasteiger partial charge in [0.25, 0.3) is 0 Å². The molecule has 1 aliphatic rings. The van der Waals surface area contributed by atoms with Gasteiger partial charge in [-0.2, -0.15) is 5.10 Å². The number of carbonyl (C=O) groups excluding carboxylic acids is 1. The van der Waals surface area contributed by atoms with Crippen LogP contribution in [0.3, 0.4) is 0 Å². The summed E-state index contributed by atoms with van der Waals surface area (Å²) in [5.74, 6) is 0.773. The SMILES string of the molecule is CN(C)CCN(C(=O)Nc1ccnn1C)C1CCS(=O)(=O)C1. The summed E-state index contributed by atoms with van der Waals surface area (Å²) in [6.07, 6.45) is 2.09. The molecule has 0 saturated carbocycles. The molecule has 1 aromatic rings. The molecule has 8 nitrogen and oxygen atoms in total. The van der Waals surface area contributed by atoms with E-state index in [1.165, 1.54) is 0 Å². The Bertz CT molecular complexity index is 625. The second-order valence-electron chi connectivity index (χ2n) is 5.82. The third kappa shape index (κ3) is 4.20. The van der Waals surface area contributed by atoms with E-state index in [2.05, 4.69) is 10.4 Å². The van der Waals surface area contributed by atoms with Gasteiger partial charge in [-0.05, 0) is 20.5 Å². The number of anilines is 1. The number of aryl methyl sites for hydroxylation is 1. The minimum absolute atomic E-state index is 0.0409. The number of likely N-dealkylation sites (N-methyl/N-ethyl adjacent to an activating group) is 1. The van der Waals surface area contributed by atoms with E-state index in [9.17, 15) is 13.2 Å². The van der Waals surface area contributed by atoms with E-state index in [4.69, 9.17) is 0 Å². The first-order valence-corrected chi connectivity index (χ1v) is 9.01. The van der Waals surface area contributed by atoms with Crippen LogP contribution in [0.15, 0.2) is 12.3 Å². The number of rotatable bonds is 5. The minimum Gasteiger partial charge on any atom is -0.319 e. The monoisotopic (exact) mass is 329 g/mol. The second kappa shape index (κ2) is 6.66. The lowest BCUT2D eigenvalue weighted by Gasteiger charge is -2.29. The number of sulfone groups is 1. The average Bonchev–Trinajstić information content (AvgIpc) is 2.96. The predicted molar refractivity (Wildman–Crippen MR) is 84.5 cm³/mol. The van der Waals surface area contributed by atoms with Gasteiger partial charge in [0.05, 0.1) is 17.7 Å². The fourth-order valence-corrected chi connectivity index (χ4v) is 4.19. The summed E-state index contributed by atoms with van der Waals surface area (Å²) < 4.78 is 25.0. The zero-order valence-electron chi connectivity index (χ0n) is 13.2. The third-order valence-electron chi connectivity index (χ3n) is 3.75. The fourth-order valence-electron chi connectivity index (χ4n) is 2.46. The molecule has 0 spiro atoms. The van der Waals surface area contributed by atoms with E-state index < -0.39 is 9.84 Å². The Morgan fingerprint density at radius 1 is 1.45 bits per heavy atom. The molecule has 1 atom stereocenters. The van der Waals surface area contributed by atoms with Crippen molar-refractivity contribution in [2.45, 2.75) is 12.5 Å². The van der Waals surface area contributed by atoms with Gasteiger partial charge < -0.3 is 9.80 Å². The van der Waals surface area contributed by atoms with Gasteiger partial charge in [-0.25, -0.2) is 13.2 Å². The highest BCUT2D eigenvalue weighted by Gasteiger charge is 2.34. The Morgan fingerprint density at radius 2 is 2.18 bits per heavy atom. The number of urea groups is 1. The van der Waals surface area contributed by atoms with E-state index in [1.807, 2.05) is 19.0 Å². The van der Waals surface area contributed by atoms with E-state index in [0.717, 1.165) is 0 Å². The van der Waals surface area contributed by atoms with Gasteiger partial charge in [-0.3, -0.25) is 10.00 Å². The quantitative estimate of drug-likeness (QED) is 0.822. The van der Waals surface area contributed by atoms with Crippen LogP contribution in [0.5, 0.6) is 0 Å². The highest BCUT2D eigenvalue weighted by Crippen LogP contribution is 2.19. The van der Waals surface area contributed by atoms with Crippen molar-refractivity contribution in [1.82, 2.24) is 19.6 Å². The van der Waals surface area contributed by atoms with Gasteiger partial charge in [-0.15, -0.1) is 0 Å². The first-order chi connectivity index (χ1) is 10.3. The van der Waals surface area contributed by atoms with E-state index in [1.54, 1.807) is 28.9 Å². The number of hydrogen-bond donors (Lipinski definition) is 1. The third-order valence-corrected chi connectivity index (χ3v) is 5.50. The molecule has 1 N–H and O–H groups in total. The molecular weight excluding hydrogens is 306 g/mol. The standard InChI is InChI=1S/C13H23N5O3S/c1-16(2)7-8-18(11-5-9-22(20,21)10-11)13(19)15-12-4-6-14-17(12)3/h4,6,11H,5,7-10H2,1-3H3,(H,15,19). The Morgan fingerprint density at radius 3 is 2.68 bits per heavy atom. The van der Waals surface area contributed by atoms with Crippen LogP contribution in [-0.4, -0.2) is 78.8 Å². The summed E-state index contributed by atoms with van der Waals surface area (Å²) in [6.45, 7) is 1.16. The molecule has 1 unspecified atom stereocenters. The molecule has 1 saturated heterocycles. The average molecular weight is 329 g/mol. The lowest BCUT2D eigenvalue weighted by molar-refractivity contribution is 0.186. The molecule has 0 bridgehead atoms. The Kier molecular flexibility index (Phi) is 5.07. The van der Waals surface area contributed by atoms with E-state index in [0.29, 0.717) is 25.3 Å². The maximum Gasteiger partial charge on any atom is 0.323 e. The summed E-state index contributed by atoms with van der Waals surface area (Å²) in [7, 11) is 2.54. The zero-order valence-corrected chi connectivity index (χ0v) is 14.0. The van der Waals surface area contributed by atoms with E-state index in [-0.39, 0.29) is 23.6 Å². The number of nitrogens with zero attached hydrogens (tertiary/aromatic N) is 4. The Hall–Kier alpha value is -1.61. The van der Waals surface area contributed by atoms with Crippen molar-refractivity contribution >= 4 is 21.7 Å². The summed E-state index contributed by atoms with van der Waals surface area (Å²) in [4.78, 5) is 16.1. The van der Waals surface area contributed by atoms with Crippen LogP contribution in [0.4, 0.5) is 10.6 Å². The molecule has 2 amide bonds. The fraction of sp³-hybridized carbons (Fsp3) is 0.692. The van der Waals surface area contributed by atoms with Crippen LogP contribution in [0, 0.1) is 0 Å². The van der Waals surface area contributed by atoms with Crippen molar-refractivity contribution in [3.63, 3.8) is 0 Å². The molecular formula is C13H23N5O3S. The molecule has 0 radical (unpaired) electrons. The maximum atomic E-state index is 12.5. The molecule has 1 fully saturated rings. The van der Waals surface area contributed by atoms with Crippen molar-refractivity contribution < 1.29 is 13.2 Å². The summed E-state index contributed by atoms with van der Waals surface area (Å²) in [5.41, 5.74) is 0. The second-order valence-corrected chi connectivity index (χ2v) is 8.05. The van der Waals surface area contributed by atoms with Crippen molar-refractivity contribution in [2.75, 3.05) is 44.0 Å². The van der Waals surface area contributed by atoms with Gasteiger partial charge >= 0.3 is 6.03 Å². The lowest BCUT2D eigenvalue weighted by Crippen LogP contribution is -2.46. The van der Waals surface area contributed by atoms with Crippen LogP contribution in [0.25, 0.3) is 0 Å². The van der Waals surface area contributed by atoms with Crippen molar-refractivity contribution in [3.05, 3.63) is 12.3 Å². The Labute approximate surface area is 131 Å². The molecule has 0 aliphatic carbocycles. The number of aromatic nitrogens is 2. The first-order valence-electron chi connectivity index (χ1n) is 7.19. The summed E-state index contributed by atoms with van der Waals surface area (Å²) in [5, 5.41) is 6.80. The first kappa shape index (κ1) is 16.8. The number of hydrogen-bond acceptors (Lipinski definition) is 5. The minimum atomic E-state index is -3.04. The van der Waals surface area contributed by atoms with Gasteiger partial charge in [-0.1, -0.05) is 0 Å². The molecule has 9 heteroatoms. The number of nitrogens with one attached hydrogen (secondary N) is 1. The normalized spacial score (nSPS) is 20.3. The summed E-state index contributed by atoms with van der Waals surface area (Å²) >= 11 is 0. The highest BCUT2D eigenvalue weighted by atomic mass is 32.2. The van der Waals surface area contributed by atoms with E-state index >= 15 is 0 Å². The maximum absolute atomic E-state index is 12.5. The van der Waals surface area contributed by atoms with Crippen molar-refractivity contribution in [3.8, 4) is 0 Å². The predicted octanol–water partition coefficient (Wildman–Crippen LogP) is 0.00270. The molecule has 2 rings (SSSR count). The van der Waals surface area contributed by atoms with Gasteiger partial charge in [0.2, 0.25) is 0 Å². The van der Waals surface area contributed by atoms with Gasteiger partial charge in [0.1, 0.15) is 5.82 Å². The largest absolute Gasteiger partial charge is 0.323 e. The molecule has 1 aliphatic heterocycles. The van der Waals surface area contributed by atoms with Crippen LogP contribution < -0.4 is 5.32 Å². The Balaban J connectivity index is 2.09. The molecule has 1 aromatic heterocycles. The summed E-state index contributed by atoms with van der Waals surface area (Å²) in [6, 6.07) is 1.15. The number of carbonyl (C=O) groups is 1. The topological polar surface area (TPSA) is 87.5 Å². The molecule has 0 aromatic carbocycles. The zero-order chi connectivity index (χ0) is 16.3. The van der Waals surface area contributed by atoms with Crippen LogP contribution in [0.2, 0.25) is 0 Å². The van der Waals surface area contributed by atoms with Crippen LogP contribution in [0.1, 0.15) is 6.42 Å².